The van der Waals surface area contributed by atoms with Crippen molar-refractivity contribution in [3.8, 4) is 0 Å². The van der Waals surface area contributed by atoms with Gasteiger partial charge in [0.2, 0.25) is 5.91 Å². The molecular weight excluding hydrogens is 226 g/mol. The first kappa shape index (κ1) is 15.4. The zero-order valence-corrected chi connectivity index (χ0v) is 12.2. The number of rotatable bonds is 7. The van der Waals surface area contributed by atoms with Crippen molar-refractivity contribution in [1.82, 2.24) is 15.5 Å². The minimum absolute atomic E-state index is 0.160. The summed E-state index contributed by atoms with van der Waals surface area (Å²) in [5.41, 5.74) is 0. The van der Waals surface area contributed by atoms with Crippen LogP contribution in [-0.4, -0.2) is 50.1 Å². The maximum atomic E-state index is 11.6. The lowest BCUT2D eigenvalue weighted by atomic mass is 9.98. The number of likely N-dealkylation sites (N-methyl/N-ethyl adjacent to an activating group) is 1. The molecule has 1 rings (SSSR count). The highest BCUT2D eigenvalue weighted by molar-refractivity contribution is 5.77. The third kappa shape index (κ3) is 6.36. The van der Waals surface area contributed by atoms with Crippen LogP contribution in [-0.2, 0) is 4.79 Å². The summed E-state index contributed by atoms with van der Waals surface area (Å²) in [4.78, 5) is 13.8. The van der Waals surface area contributed by atoms with E-state index in [4.69, 9.17) is 0 Å². The standard InChI is InChI=1S/C14H29N3O/c1-4-16-14(18)11-17-7-5-6-13(10-17)9-15-8-12(2)3/h12-13,15H,4-11H2,1-3H3,(H,16,18). The van der Waals surface area contributed by atoms with Crippen molar-refractivity contribution in [3.63, 3.8) is 0 Å². The normalized spacial score (nSPS) is 21.2. The molecule has 0 aliphatic carbocycles. The maximum Gasteiger partial charge on any atom is 0.234 e. The van der Waals surface area contributed by atoms with E-state index in [2.05, 4.69) is 29.4 Å². The number of likely N-dealkylation sites (tertiary alicyclic amines) is 1. The van der Waals surface area contributed by atoms with E-state index in [1.807, 2.05) is 6.92 Å². The number of carbonyl (C=O) groups is 1. The van der Waals surface area contributed by atoms with Crippen LogP contribution in [0.5, 0.6) is 0 Å². The van der Waals surface area contributed by atoms with Gasteiger partial charge in [-0.25, -0.2) is 0 Å². The predicted octanol–water partition coefficient (Wildman–Crippen LogP) is 1.08. The third-order valence-corrected chi connectivity index (χ3v) is 3.33. The van der Waals surface area contributed by atoms with E-state index < -0.39 is 0 Å². The Kier molecular flexibility index (Phi) is 7.28. The highest BCUT2D eigenvalue weighted by Crippen LogP contribution is 2.15. The second kappa shape index (κ2) is 8.48. The molecule has 1 unspecified atom stereocenters. The van der Waals surface area contributed by atoms with Crippen LogP contribution in [0.15, 0.2) is 0 Å². The zero-order valence-electron chi connectivity index (χ0n) is 12.2. The molecule has 0 saturated carbocycles. The van der Waals surface area contributed by atoms with Crippen LogP contribution in [0.4, 0.5) is 0 Å². The Labute approximate surface area is 111 Å². The lowest BCUT2D eigenvalue weighted by Crippen LogP contribution is -2.44. The van der Waals surface area contributed by atoms with Crippen LogP contribution in [0.2, 0.25) is 0 Å². The Balaban J connectivity index is 2.21. The van der Waals surface area contributed by atoms with Crippen molar-refractivity contribution in [3.05, 3.63) is 0 Å². The summed E-state index contributed by atoms with van der Waals surface area (Å²) in [6.07, 6.45) is 2.50. The van der Waals surface area contributed by atoms with Crippen LogP contribution in [0.1, 0.15) is 33.6 Å². The first-order valence-electron chi connectivity index (χ1n) is 7.31. The number of hydrogen-bond donors (Lipinski definition) is 2. The summed E-state index contributed by atoms with van der Waals surface area (Å²) in [6, 6.07) is 0. The van der Waals surface area contributed by atoms with Gasteiger partial charge in [-0.2, -0.15) is 0 Å². The monoisotopic (exact) mass is 255 g/mol. The molecule has 0 aromatic heterocycles. The fraction of sp³-hybridized carbons (Fsp3) is 0.929. The number of carbonyl (C=O) groups excluding carboxylic acids is 1. The molecule has 0 bridgehead atoms. The number of hydrogen-bond acceptors (Lipinski definition) is 3. The first-order chi connectivity index (χ1) is 8.61. The average Bonchev–Trinajstić information content (AvgIpc) is 2.29. The average molecular weight is 255 g/mol. The molecule has 4 nitrogen and oxygen atoms in total. The van der Waals surface area contributed by atoms with E-state index in [-0.39, 0.29) is 5.91 Å². The van der Waals surface area contributed by atoms with Gasteiger partial charge in [-0.15, -0.1) is 0 Å². The van der Waals surface area contributed by atoms with Crippen molar-refractivity contribution in [1.29, 1.82) is 0 Å². The Morgan fingerprint density at radius 2 is 2.22 bits per heavy atom. The van der Waals surface area contributed by atoms with Gasteiger partial charge in [0.05, 0.1) is 6.54 Å². The number of nitrogens with one attached hydrogen (secondary N) is 2. The molecule has 0 aromatic carbocycles. The number of amides is 1. The van der Waals surface area contributed by atoms with Crippen molar-refractivity contribution < 1.29 is 4.79 Å². The molecule has 106 valence electrons. The molecule has 1 atom stereocenters. The van der Waals surface area contributed by atoms with E-state index in [0.29, 0.717) is 18.4 Å². The van der Waals surface area contributed by atoms with Gasteiger partial charge in [0.1, 0.15) is 0 Å². The Bertz CT molecular complexity index is 243. The van der Waals surface area contributed by atoms with Gasteiger partial charge in [-0.05, 0) is 51.2 Å². The van der Waals surface area contributed by atoms with Crippen molar-refractivity contribution >= 4 is 5.91 Å². The van der Waals surface area contributed by atoms with Crippen LogP contribution >= 0.6 is 0 Å². The van der Waals surface area contributed by atoms with Crippen molar-refractivity contribution in [2.24, 2.45) is 11.8 Å². The number of piperidine rings is 1. The quantitative estimate of drug-likeness (QED) is 0.715. The summed E-state index contributed by atoms with van der Waals surface area (Å²) in [5.74, 6) is 1.57. The minimum Gasteiger partial charge on any atom is -0.355 e. The van der Waals surface area contributed by atoms with Crippen LogP contribution in [0.3, 0.4) is 0 Å². The summed E-state index contributed by atoms with van der Waals surface area (Å²) >= 11 is 0. The number of nitrogens with zero attached hydrogens (tertiary/aromatic N) is 1. The highest BCUT2D eigenvalue weighted by Gasteiger charge is 2.21. The first-order valence-corrected chi connectivity index (χ1v) is 7.31. The Hall–Kier alpha value is -0.610. The second-order valence-corrected chi connectivity index (χ2v) is 5.75. The van der Waals surface area contributed by atoms with Crippen LogP contribution < -0.4 is 10.6 Å². The van der Waals surface area contributed by atoms with E-state index in [9.17, 15) is 4.79 Å². The van der Waals surface area contributed by atoms with Gasteiger partial charge in [0, 0.05) is 13.1 Å². The van der Waals surface area contributed by atoms with E-state index >= 15 is 0 Å². The molecule has 0 radical (unpaired) electrons. The van der Waals surface area contributed by atoms with Gasteiger partial charge < -0.3 is 10.6 Å². The summed E-state index contributed by atoms with van der Waals surface area (Å²) in [5, 5.41) is 6.40. The molecule has 1 aliphatic heterocycles. The summed E-state index contributed by atoms with van der Waals surface area (Å²) in [6.45, 7) is 12.0. The van der Waals surface area contributed by atoms with Gasteiger partial charge in [0.25, 0.3) is 0 Å². The Morgan fingerprint density at radius 3 is 2.89 bits per heavy atom. The molecule has 1 fully saturated rings. The molecule has 1 heterocycles. The second-order valence-electron chi connectivity index (χ2n) is 5.75. The SMILES string of the molecule is CCNC(=O)CN1CCCC(CNCC(C)C)C1. The minimum atomic E-state index is 0.160. The maximum absolute atomic E-state index is 11.6. The summed E-state index contributed by atoms with van der Waals surface area (Å²) < 4.78 is 0. The molecular formula is C14H29N3O. The van der Waals surface area contributed by atoms with Gasteiger partial charge in [0.15, 0.2) is 0 Å². The van der Waals surface area contributed by atoms with E-state index in [1.54, 1.807) is 0 Å². The zero-order chi connectivity index (χ0) is 13.4. The smallest absolute Gasteiger partial charge is 0.234 e. The Morgan fingerprint density at radius 1 is 1.44 bits per heavy atom. The fourth-order valence-corrected chi connectivity index (χ4v) is 2.49. The van der Waals surface area contributed by atoms with Gasteiger partial charge in [-0.3, -0.25) is 9.69 Å². The van der Waals surface area contributed by atoms with Crippen molar-refractivity contribution in [2.45, 2.75) is 33.6 Å². The molecule has 1 aliphatic rings. The summed E-state index contributed by atoms with van der Waals surface area (Å²) in [7, 11) is 0. The topological polar surface area (TPSA) is 44.4 Å². The lowest BCUT2D eigenvalue weighted by molar-refractivity contribution is -0.122. The molecule has 1 saturated heterocycles. The fourth-order valence-electron chi connectivity index (χ4n) is 2.49. The van der Waals surface area contributed by atoms with Crippen LogP contribution in [0, 0.1) is 11.8 Å². The largest absolute Gasteiger partial charge is 0.355 e. The molecule has 0 spiro atoms. The predicted molar refractivity (Wildman–Crippen MR) is 75.6 cm³/mol. The highest BCUT2D eigenvalue weighted by atomic mass is 16.2. The molecule has 4 heteroatoms. The molecule has 18 heavy (non-hydrogen) atoms. The van der Waals surface area contributed by atoms with E-state index in [1.165, 1.54) is 12.8 Å². The lowest BCUT2D eigenvalue weighted by Gasteiger charge is -2.32. The third-order valence-electron chi connectivity index (χ3n) is 3.33. The molecule has 2 N–H and O–H groups in total. The van der Waals surface area contributed by atoms with Gasteiger partial charge >= 0.3 is 0 Å². The van der Waals surface area contributed by atoms with Gasteiger partial charge in [-0.1, -0.05) is 13.8 Å². The molecule has 1 amide bonds. The molecule has 0 aromatic rings. The van der Waals surface area contributed by atoms with Crippen LogP contribution in [0.25, 0.3) is 0 Å². The van der Waals surface area contributed by atoms with E-state index in [0.717, 1.165) is 32.7 Å². The van der Waals surface area contributed by atoms with Crippen molar-refractivity contribution in [2.75, 3.05) is 39.3 Å².